The van der Waals surface area contributed by atoms with E-state index in [1.54, 1.807) is 0 Å². The van der Waals surface area contributed by atoms with Crippen molar-refractivity contribution >= 4 is 0 Å². The van der Waals surface area contributed by atoms with E-state index >= 15 is 0 Å². The summed E-state index contributed by atoms with van der Waals surface area (Å²) >= 11 is 0. The SMILES string of the molecule is CCCCn1nc(C)c(CCCNC)c1C. The maximum atomic E-state index is 4.62. The first-order valence-electron chi connectivity index (χ1n) is 6.38. The molecule has 0 atom stereocenters. The van der Waals surface area contributed by atoms with Crippen LogP contribution in [0, 0.1) is 13.8 Å². The predicted molar refractivity (Wildman–Crippen MR) is 68.9 cm³/mol. The molecule has 0 fully saturated rings. The third-order valence-electron chi connectivity index (χ3n) is 3.11. The molecule has 0 bridgehead atoms. The number of rotatable bonds is 7. The van der Waals surface area contributed by atoms with Gasteiger partial charge >= 0.3 is 0 Å². The van der Waals surface area contributed by atoms with Gasteiger partial charge in [-0.1, -0.05) is 13.3 Å². The van der Waals surface area contributed by atoms with Gasteiger partial charge in [-0.2, -0.15) is 5.10 Å². The van der Waals surface area contributed by atoms with Gasteiger partial charge in [-0.15, -0.1) is 0 Å². The first-order chi connectivity index (χ1) is 7.70. The normalized spacial score (nSPS) is 11.0. The van der Waals surface area contributed by atoms with E-state index in [9.17, 15) is 0 Å². The van der Waals surface area contributed by atoms with Gasteiger partial charge < -0.3 is 5.32 Å². The van der Waals surface area contributed by atoms with Crippen LogP contribution in [0.4, 0.5) is 0 Å². The second-order valence-electron chi connectivity index (χ2n) is 4.43. The summed E-state index contributed by atoms with van der Waals surface area (Å²) in [5.41, 5.74) is 4.03. The summed E-state index contributed by atoms with van der Waals surface area (Å²) in [6.07, 6.45) is 4.79. The monoisotopic (exact) mass is 223 g/mol. The zero-order valence-corrected chi connectivity index (χ0v) is 11.1. The van der Waals surface area contributed by atoms with Gasteiger partial charge in [0.1, 0.15) is 0 Å². The van der Waals surface area contributed by atoms with Gasteiger partial charge in [0.2, 0.25) is 0 Å². The number of hydrogen-bond acceptors (Lipinski definition) is 2. The van der Waals surface area contributed by atoms with Crippen LogP contribution in [0.3, 0.4) is 0 Å². The van der Waals surface area contributed by atoms with Gasteiger partial charge in [0.25, 0.3) is 0 Å². The summed E-state index contributed by atoms with van der Waals surface area (Å²) in [7, 11) is 2.00. The summed E-state index contributed by atoms with van der Waals surface area (Å²) < 4.78 is 2.17. The molecule has 0 aliphatic heterocycles. The highest BCUT2D eigenvalue weighted by Crippen LogP contribution is 2.15. The fraction of sp³-hybridized carbons (Fsp3) is 0.769. The van der Waals surface area contributed by atoms with E-state index in [2.05, 4.69) is 35.9 Å². The number of nitrogens with one attached hydrogen (secondary N) is 1. The number of nitrogens with zero attached hydrogens (tertiary/aromatic N) is 2. The molecule has 1 heterocycles. The highest BCUT2D eigenvalue weighted by atomic mass is 15.3. The Morgan fingerprint density at radius 2 is 2.00 bits per heavy atom. The number of unbranched alkanes of at least 4 members (excludes halogenated alkanes) is 1. The summed E-state index contributed by atoms with van der Waals surface area (Å²) in [5.74, 6) is 0. The van der Waals surface area contributed by atoms with E-state index in [0.29, 0.717) is 0 Å². The Balaban J connectivity index is 2.65. The predicted octanol–water partition coefficient (Wildman–Crippen LogP) is 2.45. The lowest BCUT2D eigenvalue weighted by molar-refractivity contribution is 0.555. The molecule has 0 spiro atoms. The Labute approximate surface area is 99.2 Å². The van der Waals surface area contributed by atoms with Gasteiger partial charge in [-0.05, 0) is 52.3 Å². The van der Waals surface area contributed by atoms with E-state index in [-0.39, 0.29) is 0 Å². The molecule has 0 saturated heterocycles. The summed E-state index contributed by atoms with van der Waals surface area (Å²) in [6, 6.07) is 0. The van der Waals surface area contributed by atoms with Gasteiger partial charge in [-0.25, -0.2) is 0 Å². The first kappa shape index (κ1) is 13.2. The highest BCUT2D eigenvalue weighted by molar-refractivity contribution is 5.24. The second kappa shape index (κ2) is 6.69. The van der Waals surface area contributed by atoms with Gasteiger partial charge in [0.05, 0.1) is 5.69 Å². The van der Waals surface area contributed by atoms with E-state index in [1.165, 1.54) is 36.2 Å². The summed E-state index contributed by atoms with van der Waals surface area (Å²) in [6.45, 7) is 8.70. The summed E-state index contributed by atoms with van der Waals surface area (Å²) in [5, 5.41) is 7.81. The van der Waals surface area contributed by atoms with Crippen LogP contribution in [0.1, 0.15) is 43.1 Å². The van der Waals surface area contributed by atoms with E-state index < -0.39 is 0 Å². The van der Waals surface area contributed by atoms with Crippen molar-refractivity contribution in [1.29, 1.82) is 0 Å². The Kier molecular flexibility index (Phi) is 5.53. The molecule has 1 N–H and O–H groups in total. The van der Waals surface area contributed by atoms with Gasteiger partial charge in [-0.3, -0.25) is 4.68 Å². The topological polar surface area (TPSA) is 29.9 Å². The lowest BCUT2D eigenvalue weighted by Crippen LogP contribution is -2.09. The molecule has 0 saturated carbocycles. The van der Waals surface area contributed by atoms with Gasteiger partial charge in [0.15, 0.2) is 0 Å². The zero-order valence-electron chi connectivity index (χ0n) is 11.1. The van der Waals surface area contributed by atoms with Crippen LogP contribution in [0.25, 0.3) is 0 Å². The molecule has 1 rings (SSSR count). The van der Waals surface area contributed by atoms with Crippen molar-refractivity contribution in [2.24, 2.45) is 0 Å². The van der Waals surface area contributed by atoms with Crippen LogP contribution in [0.2, 0.25) is 0 Å². The van der Waals surface area contributed by atoms with Crippen molar-refractivity contribution in [3.8, 4) is 0 Å². The molecular formula is C13H25N3. The molecule has 1 aromatic heterocycles. The number of hydrogen-bond donors (Lipinski definition) is 1. The Morgan fingerprint density at radius 1 is 1.25 bits per heavy atom. The average Bonchev–Trinajstić information content (AvgIpc) is 2.54. The maximum absolute atomic E-state index is 4.62. The molecule has 0 unspecified atom stereocenters. The van der Waals surface area contributed by atoms with E-state index in [4.69, 9.17) is 0 Å². The fourth-order valence-corrected chi connectivity index (χ4v) is 2.06. The lowest BCUT2D eigenvalue weighted by atomic mass is 10.1. The van der Waals surface area contributed by atoms with Crippen molar-refractivity contribution in [1.82, 2.24) is 15.1 Å². The van der Waals surface area contributed by atoms with Crippen LogP contribution < -0.4 is 5.32 Å². The third-order valence-corrected chi connectivity index (χ3v) is 3.11. The Bertz CT molecular complexity index is 315. The molecule has 3 nitrogen and oxygen atoms in total. The van der Waals surface area contributed by atoms with Crippen molar-refractivity contribution in [2.75, 3.05) is 13.6 Å². The fourth-order valence-electron chi connectivity index (χ4n) is 2.06. The molecule has 0 aliphatic rings. The minimum atomic E-state index is 1.06. The van der Waals surface area contributed by atoms with E-state index in [0.717, 1.165) is 19.5 Å². The minimum Gasteiger partial charge on any atom is -0.320 e. The van der Waals surface area contributed by atoms with Crippen LogP contribution in [-0.4, -0.2) is 23.4 Å². The largest absolute Gasteiger partial charge is 0.320 e. The average molecular weight is 223 g/mol. The molecular weight excluding hydrogens is 198 g/mol. The highest BCUT2D eigenvalue weighted by Gasteiger charge is 2.10. The molecule has 0 amide bonds. The molecule has 0 radical (unpaired) electrons. The lowest BCUT2D eigenvalue weighted by Gasteiger charge is -2.04. The quantitative estimate of drug-likeness (QED) is 0.720. The zero-order chi connectivity index (χ0) is 12.0. The van der Waals surface area contributed by atoms with Crippen LogP contribution >= 0.6 is 0 Å². The molecule has 0 aromatic carbocycles. The third kappa shape index (κ3) is 3.34. The second-order valence-corrected chi connectivity index (χ2v) is 4.43. The van der Waals surface area contributed by atoms with Crippen LogP contribution in [0.15, 0.2) is 0 Å². The Morgan fingerprint density at radius 3 is 2.62 bits per heavy atom. The molecule has 0 aliphatic carbocycles. The van der Waals surface area contributed by atoms with Crippen LogP contribution in [-0.2, 0) is 13.0 Å². The molecule has 16 heavy (non-hydrogen) atoms. The van der Waals surface area contributed by atoms with E-state index in [1.807, 2.05) is 7.05 Å². The van der Waals surface area contributed by atoms with Crippen molar-refractivity contribution in [3.63, 3.8) is 0 Å². The molecule has 1 aromatic rings. The molecule has 3 heteroatoms. The standard InChI is InChI=1S/C13H25N3/c1-5-6-10-16-12(3)13(11(2)15-16)8-7-9-14-4/h14H,5-10H2,1-4H3. The molecule has 92 valence electrons. The first-order valence-corrected chi connectivity index (χ1v) is 6.38. The maximum Gasteiger partial charge on any atom is 0.0628 e. The summed E-state index contributed by atoms with van der Waals surface area (Å²) in [4.78, 5) is 0. The smallest absolute Gasteiger partial charge is 0.0628 e. The minimum absolute atomic E-state index is 1.06. The number of aryl methyl sites for hydroxylation is 2. The number of aromatic nitrogens is 2. The van der Waals surface area contributed by atoms with Crippen LogP contribution in [0.5, 0.6) is 0 Å². The van der Waals surface area contributed by atoms with Gasteiger partial charge in [0, 0.05) is 12.2 Å². The Hall–Kier alpha value is -0.830. The van der Waals surface area contributed by atoms with Crippen molar-refractivity contribution in [2.45, 2.75) is 53.0 Å². The van der Waals surface area contributed by atoms with Crippen molar-refractivity contribution < 1.29 is 0 Å². The van der Waals surface area contributed by atoms with Crippen molar-refractivity contribution in [3.05, 3.63) is 17.0 Å².